The van der Waals surface area contributed by atoms with E-state index in [1.165, 1.54) is 0 Å². The summed E-state index contributed by atoms with van der Waals surface area (Å²) in [5, 5.41) is 0. The Morgan fingerprint density at radius 2 is 1.82 bits per heavy atom. The van der Waals surface area contributed by atoms with Crippen molar-refractivity contribution in [1.82, 2.24) is 0 Å². The van der Waals surface area contributed by atoms with E-state index in [0.717, 1.165) is 13.0 Å². The Hall–Kier alpha value is -1.46. The molecular formula is C12H20N2O3. The average molecular weight is 240 g/mol. The van der Waals surface area contributed by atoms with E-state index in [-0.39, 0.29) is 0 Å². The molecule has 4 N–H and O–H groups in total. The maximum Gasteiger partial charge on any atom is 0.121 e. The molecule has 1 aromatic carbocycles. The predicted octanol–water partition coefficient (Wildman–Crippen LogP) is 1.28. The second kappa shape index (κ2) is 7.76. The average Bonchev–Trinajstić information content (AvgIpc) is 2.32. The van der Waals surface area contributed by atoms with Crippen LogP contribution in [0.5, 0.6) is 5.75 Å². The van der Waals surface area contributed by atoms with Crippen LogP contribution in [0.15, 0.2) is 18.2 Å². The minimum Gasteiger partial charge on any atom is -0.491 e. The predicted molar refractivity (Wildman–Crippen MR) is 68.1 cm³/mol. The quantitative estimate of drug-likeness (QED) is 0.528. The van der Waals surface area contributed by atoms with Crippen molar-refractivity contribution < 1.29 is 14.2 Å². The third kappa shape index (κ3) is 5.42. The van der Waals surface area contributed by atoms with E-state index in [1.54, 1.807) is 25.3 Å². The van der Waals surface area contributed by atoms with Crippen molar-refractivity contribution in [2.45, 2.75) is 6.42 Å². The van der Waals surface area contributed by atoms with E-state index in [0.29, 0.717) is 36.9 Å². The lowest BCUT2D eigenvalue weighted by Gasteiger charge is -2.08. The van der Waals surface area contributed by atoms with E-state index in [2.05, 4.69) is 0 Å². The fourth-order valence-electron chi connectivity index (χ4n) is 1.27. The van der Waals surface area contributed by atoms with Gasteiger partial charge in [-0.3, -0.25) is 0 Å². The van der Waals surface area contributed by atoms with Gasteiger partial charge in [-0.15, -0.1) is 0 Å². The monoisotopic (exact) mass is 240 g/mol. The molecule has 0 amide bonds. The summed E-state index contributed by atoms with van der Waals surface area (Å²) in [6.07, 6.45) is 0.894. The normalized spacial score (nSPS) is 10.4. The first kappa shape index (κ1) is 13.6. The molecule has 0 saturated carbocycles. The van der Waals surface area contributed by atoms with Crippen molar-refractivity contribution in [3.05, 3.63) is 18.2 Å². The zero-order chi connectivity index (χ0) is 12.5. The van der Waals surface area contributed by atoms with E-state index in [4.69, 9.17) is 25.7 Å². The van der Waals surface area contributed by atoms with Crippen molar-refractivity contribution >= 4 is 11.4 Å². The molecule has 5 nitrogen and oxygen atoms in total. The first-order valence-corrected chi connectivity index (χ1v) is 5.58. The molecule has 1 aromatic rings. The highest BCUT2D eigenvalue weighted by Gasteiger charge is 1.98. The van der Waals surface area contributed by atoms with Gasteiger partial charge < -0.3 is 25.7 Å². The Morgan fingerprint density at radius 1 is 1.00 bits per heavy atom. The van der Waals surface area contributed by atoms with Crippen molar-refractivity contribution in [3.8, 4) is 5.75 Å². The first-order valence-electron chi connectivity index (χ1n) is 5.58. The highest BCUT2D eigenvalue weighted by molar-refractivity contribution is 5.65. The van der Waals surface area contributed by atoms with Gasteiger partial charge >= 0.3 is 0 Å². The van der Waals surface area contributed by atoms with E-state index < -0.39 is 0 Å². The number of methoxy groups -OCH3 is 1. The SMILES string of the molecule is COCCCOCCOc1ccc(N)c(N)c1. The maximum atomic E-state index is 5.66. The zero-order valence-electron chi connectivity index (χ0n) is 10.1. The summed E-state index contributed by atoms with van der Waals surface area (Å²) in [6.45, 7) is 2.45. The minimum absolute atomic E-state index is 0.496. The summed E-state index contributed by atoms with van der Waals surface area (Å²) in [5.74, 6) is 0.706. The standard InChI is InChI=1S/C12H20N2O3/c1-15-5-2-6-16-7-8-17-10-3-4-11(13)12(14)9-10/h3-4,9H,2,5-8,13-14H2,1H3. The Labute approximate surface area is 102 Å². The molecule has 0 heterocycles. The largest absolute Gasteiger partial charge is 0.491 e. The van der Waals surface area contributed by atoms with Crippen LogP contribution in [-0.2, 0) is 9.47 Å². The minimum atomic E-state index is 0.496. The summed E-state index contributed by atoms with van der Waals surface area (Å²) in [7, 11) is 1.68. The molecule has 5 heteroatoms. The highest BCUT2D eigenvalue weighted by atomic mass is 16.5. The van der Waals surface area contributed by atoms with E-state index in [1.807, 2.05) is 0 Å². The summed E-state index contributed by atoms with van der Waals surface area (Å²) < 4.78 is 15.7. The number of nitrogen functional groups attached to an aromatic ring is 2. The number of nitrogens with two attached hydrogens (primary N) is 2. The third-order valence-electron chi connectivity index (χ3n) is 2.19. The van der Waals surface area contributed by atoms with E-state index >= 15 is 0 Å². The molecule has 0 atom stereocenters. The van der Waals surface area contributed by atoms with Gasteiger partial charge in [0, 0.05) is 26.4 Å². The van der Waals surface area contributed by atoms with Gasteiger partial charge in [-0.25, -0.2) is 0 Å². The lowest BCUT2D eigenvalue weighted by molar-refractivity contribution is 0.0806. The first-order chi connectivity index (χ1) is 8.24. The fourth-order valence-corrected chi connectivity index (χ4v) is 1.27. The number of benzene rings is 1. The number of hydrogen-bond donors (Lipinski definition) is 2. The van der Waals surface area contributed by atoms with Gasteiger partial charge in [-0.1, -0.05) is 0 Å². The van der Waals surface area contributed by atoms with Crippen LogP contribution in [0.4, 0.5) is 11.4 Å². The Balaban J connectivity index is 2.11. The van der Waals surface area contributed by atoms with Gasteiger partial charge in [0.05, 0.1) is 18.0 Å². The van der Waals surface area contributed by atoms with Crippen LogP contribution in [0.2, 0.25) is 0 Å². The molecule has 0 saturated heterocycles. The molecule has 0 bridgehead atoms. The molecule has 0 spiro atoms. The molecule has 0 radical (unpaired) electrons. The van der Waals surface area contributed by atoms with E-state index in [9.17, 15) is 0 Å². The Bertz CT molecular complexity index is 332. The molecule has 0 aliphatic rings. The van der Waals surface area contributed by atoms with Crippen LogP contribution < -0.4 is 16.2 Å². The molecule has 0 fully saturated rings. The third-order valence-corrected chi connectivity index (χ3v) is 2.19. The van der Waals surface area contributed by atoms with Crippen molar-refractivity contribution in [3.63, 3.8) is 0 Å². The smallest absolute Gasteiger partial charge is 0.121 e. The summed E-state index contributed by atoms with van der Waals surface area (Å²) in [4.78, 5) is 0. The van der Waals surface area contributed by atoms with Crippen LogP contribution >= 0.6 is 0 Å². The van der Waals surface area contributed by atoms with Crippen LogP contribution in [-0.4, -0.2) is 33.5 Å². The van der Waals surface area contributed by atoms with Crippen molar-refractivity contribution in [2.75, 3.05) is 45.0 Å². The van der Waals surface area contributed by atoms with Crippen LogP contribution in [0, 0.1) is 0 Å². The summed E-state index contributed by atoms with van der Waals surface area (Å²) in [5.41, 5.74) is 12.3. The molecule has 0 aliphatic carbocycles. The second-order valence-electron chi connectivity index (χ2n) is 3.60. The van der Waals surface area contributed by atoms with Gasteiger partial charge in [-0.05, 0) is 18.6 Å². The summed E-state index contributed by atoms with van der Waals surface area (Å²) >= 11 is 0. The second-order valence-corrected chi connectivity index (χ2v) is 3.60. The van der Waals surface area contributed by atoms with Gasteiger partial charge in [0.25, 0.3) is 0 Å². The lowest BCUT2D eigenvalue weighted by Crippen LogP contribution is -2.08. The lowest BCUT2D eigenvalue weighted by atomic mass is 10.2. The van der Waals surface area contributed by atoms with Crippen LogP contribution in [0.1, 0.15) is 6.42 Å². The maximum absolute atomic E-state index is 5.66. The van der Waals surface area contributed by atoms with Crippen molar-refractivity contribution in [1.29, 1.82) is 0 Å². The molecule has 0 unspecified atom stereocenters. The number of hydrogen-bond acceptors (Lipinski definition) is 5. The molecule has 1 rings (SSSR count). The van der Waals surface area contributed by atoms with Crippen LogP contribution in [0.3, 0.4) is 0 Å². The molecule has 17 heavy (non-hydrogen) atoms. The van der Waals surface area contributed by atoms with Gasteiger partial charge in [0.2, 0.25) is 0 Å². The number of anilines is 2. The Kier molecular flexibility index (Phi) is 6.21. The topological polar surface area (TPSA) is 79.7 Å². The number of ether oxygens (including phenoxy) is 3. The Morgan fingerprint density at radius 3 is 2.53 bits per heavy atom. The molecule has 96 valence electrons. The van der Waals surface area contributed by atoms with Gasteiger partial charge in [0.15, 0.2) is 0 Å². The fraction of sp³-hybridized carbons (Fsp3) is 0.500. The molecular weight excluding hydrogens is 220 g/mol. The highest BCUT2D eigenvalue weighted by Crippen LogP contribution is 2.21. The summed E-state index contributed by atoms with van der Waals surface area (Å²) in [6, 6.07) is 5.22. The molecule has 0 aliphatic heterocycles. The van der Waals surface area contributed by atoms with Crippen molar-refractivity contribution in [2.24, 2.45) is 0 Å². The molecule has 0 aromatic heterocycles. The van der Waals surface area contributed by atoms with Gasteiger partial charge in [0.1, 0.15) is 12.4 Å². The van der Waals surface area contributed by atoms with Gasteiger partial charge in [-0.2, -0.15) is 0 Å². The zero-order valence-corrected chi connectivity index (χ0v) is 10.1. The van der Waals surface area contributed by atoms with Crippen LogP contribution in [0.25, 0.3) is 0 Å². The number of rotatable bonds is 8.